The van der Waals surface area contributed by atoms with Crippen LogP contribution in [-0.4, -0.2) is 33.9 Å². The third-order valence-corrected chi connectivity index (χ3v) is 3.90. The SMILES string of the molecule is CCC([AsH2])C(=O)O.O=C1OCc2ccc1cc2. The molecule has 2 unspecified atom stereocenters. The summed E-state index contributed by atoms with van der Waals surface area (Å²) in [5, 5.41) is 8.20. The maximum Gasteiger partial charge on any atom is 0.338 e. The molecule has 2 aliphatic rings. The molecular formula is C12H15AsO4. The molecular weight excluding hydrogens is 283 g/mol. The summed E-state index contributed by atoms with van der Waals surface area (Å²) < 4.78 is 4.73. The summed E-state index contributed by atoms with van der Waals surface area (Å²) in [6, 6.07) is 7.37. The number of aliphatic carboxylic acids is 1. The summed E-state index contributed by atoms with van der Waals surface area (Å²) >= 11 is 1.28. The summed E-state index contributed by atoms with van der Waals surface area (Å²) in [4.78, 5) is 20.8. The van der Waals surface area contributed by atoms with E-state index in [9.17, 15) is 9.59 Å². The molecule has 3 rings (SSSR count). The zero-order valence-corrected chi connectivity index (χ0v) is 12.0. The number of ether oxygens (including phenoxy) is 1. The van der Waals surface area contributed by atoms with E-state index in [0.29, 0.717) is 12.2 Å². The van der Waals surface area contributed by atoms with Gasteiger partial charge in [-0.15, -0.1) is 0 Å². The van der Waals surface area contributed by atoms with Gasteiger partial charge in [-0.1, -0.05) is 12.1 Å². The van der Waals surface area contributed by atoms with Crippen LogP contribution < -0.4 is 0 Å². The van der Waals surface area contributed by atoms with Gasteiger partial charge in [-0.3, -0.25) is 0 Å². The Labute approximate surface area is 108 Å². The van der Waals surface area contributed by atoms with Gasteiger partial charge in [0.1, 0.15) is 6.61 Å². The molecule has 92 valence electrons. The van der Waals surface area contributed by atoms with E-state index >= 15 is 0 Å². The number of benzene rings is 1. The number of esters is 1. The zero-order valence-electron chi connectivity index (χ0n) is 9.55. The van der Waals surface area contributed by atoms with Crippen molar-refractivity contribution in [3.05, 3.63) is 35.4 Å². The van der Waals surface area contributed by atoms with Gasteiger partial charge in [0, 0.05) is 0 Å². The predicted octanol–water partition coefficient (Wildman–Crippen LogP) is 1.26. The Morgan fingerprint density at radius 3 is 2.47 bits per heavy atom. The van der Waals surface area contributed by atoms with E-state index in [4.69, 9.17) is 9.84 Å². The third-order valence-electron chi connectivity index (χ3n) is 2.32. The van der Waals surface area contributed by atoms with Gasteiger partial charge < -0.3 is 4.74 Å². The van der Waals surface area contributed by atoms with Crippen LogP contribution in [-0.2, 0) is 16.1 Å². The molecule has 0 radical (unpaired) electrons. The van der Waals surface area contributed by atoms with E-state index in [2.05, 4.69) is 0 Å². The number of carbonyl (C=O) groups excluding carboxylic acids is 1. The summed E-state index contributed by atoms with van der Waals surface area (Å²) in [5.74, 6) is -0.900. The molecule has 0 aliphatic carbocycles. The number of rotatable bonds is 2. The minimum Gasteiger partial charge on any atom is -0.457 e. The van der Waals surface area contributed by atoms with Crippen molar-refractivity contribution in [2.45, 2.75) is 24.7 Å². The summed E-state index contributed by atoms with van der Waals surface area (Å²) in [5.41, 5.74) is 1.69. The van der Waals surface area contributed by atoms with Gasteiger partial charge in [-0.2, -0.15) is 0 Å². The van der Waals surface area contributed by atoms with Gasteiger partial charge in [-0.25, -0.2) is 4.79 Å². The smallest absolute Gasteiger partial charge is 0.338 e. The molecule has 0 aromatic heterocycles. The normalized spacial score (nSPS) is 14.1. The largest absolute Gasteiger partial charge is 0.457 e. The fourth-order valence-corrected chi connectivity index (χ4v) is 1.14. The average Bonchev–Trinajstić information content (AvgIpc) is 2.62. The van der Waals surface area contributed by atoms with Crippen molar-refractivity contribution in [2.24, 2.45) is 0 Å². The second kappa shape index (κ2) is 6.45. The van der Waals surface area contributed by atoms with Crippen LogP contribution in [0.1, 0.15) is 29.3 Å². The first-order valence-electron chi connectivity index (χ1n) is 5.29. The van der Waals surface area contributed by atoms with Crippen molar-refractivity contribution in [1.29, 1.82) is 0 Å². The molecule has 4 nitrogen and oxygen atoms in total. The van der Waals surface area contributed by atoms with E-state index in [1.165, 1.54) is 16.9 Å². The van der Waals surface area contributed by atoms with Gasteiger partial charge in [0.05, 0.1) is 5.56 Å². The molecule has 0 saturated carbocycles. The Hall–Kier alpha value is -1.28. The molecule has 1 aromatic carbocycles. The monoisotopic (exact) mass is 298 g/mol. The van der Waals surface area contributed by atoms with Gasteiger partial charge in [-0.05, 0) is 17.7 Å². The van der Waals surface area contributed by atoms with Crippen molar-refractivity contribution in [2.75, 3.05) is 0 Å². The van der Waals surface area contributed by atoms with Crippen LogP contribution in [0.4, 0.5) is 0 Å². The molecule has 2 bridgehead atoms. The van der Waals surface area contributed by atoms with Crippen LogP contribution >= 0.6 is 0 Å². The van der Waals surface area contributed by atoms with E-state index in [0.717, 1.165) is 12.0 Å². The maximum absolute atomic E-state index is 10.9. The number of hydrogen-bond donors (Lipinski definition) is 1. The van der Waals surface area contributed by atoms with Crippen LogP contribution in [0.25, 0.3) is 0 Å². The fourth-order valence-electron chi connectivity index (χ4n) is 1.14. The van der Waals surface area contributed by atoms with E-state index in [1.807, 2.05) is 19.1 Å². The van der Waals surface area contributed by atoms with E-state index < -0.39 is 5.97 Å². The molecule has 17 heavy (non-hydrogen) atoms. The average molecular weight is 298 g/mol. The molecule has 5 heteroatoms. The molecule has 2 heterocycles. The minimum absolute atomic E-state index is 0.118. The summed E-state index contributed by atoms with van der Waals surface area (Å²) in [6.07, 6.45) is 0.745. The Morgan fingerprint density at radius 1 is 1.47 bits per heavy atom. The van der Waals surface area contributed by atoms with Gasteiger partial charge in [0.25, 0.3) is 0 Å². The first-order valence-corrected chi connectivity index (χ1v) is 6.69. The number of carboxylic acids is 1. The van der Waals surface area contributed by atoms with Crippen LogP contribution in [0.5, 0.6) is 0 Å². The fraction of sp³-hybridized carbons (Fsp3) is 0.333. The Kier molecular flexibility index (Phi) is 5.23. The second-order valence-corrected chi connectivity index (χ2v) is 5.31. The van der Waals surface area contributed by atoms with Gasteiger partial charge in [0.15, 0.2) is 0 Å². The predicted molar refractivity (Wildman–Crippen MR) is 65.8 cm³/mol. The molecule has 1 aromatic rings. The first-order chi connectivity index (χ1) is 8.04. The number of carboxylic acid groups (broad SMARTS) is 1. The van der Waals surface area contributed by atoms with E-state index in [1.54, 1.807) is 12.1 Å². The summed E-state index contributed by atoms with van der Waals surface area (Å²) in [7, 11) is 0. The summed E-state index contributed by atoms with van der Waals surface area (Å²) in [6.45, 7) is 2.29. The molecule has 0 amide bonds. The molecule has 0 spiro atoms. The van der Waals surface area contributed by atoms with E-state index in [-0.39, 0.29) is 10.7 Å². The Bertz CT molecular complexity index is 399. The van der Waals surface area contributed by atoms with Crippen molar-refractivity contribution in [1.82, 2.24) is 0 Å². The quantitative estimate of drug-likeness (QED) is 0.659. The van der Waals surface area contributed by atoms with Crippen LogP contribution in [0.15, 0.2) is 24.3 Å². The van der Waals surface area contributed by atoms with Crippen molar-refractivity contribution >= 4 is 28.8 Å². The maximum atomic E-state index is 10.9. The number of carbonyl (C=O) groups is 2. The Balaban J connectivity index is 0.000000185. The zero-order chi connectivity index (χ0) is 12.8. The first kappa shape index (κ1) is 13.8. The third kappa shape index (κ3) is 4.23. The van der Waals surface area contributed by atoms with Crippen LogP contribution in [0.2, 0.25) is 4.71 Å². The molecule has 1 N–H and O–H groups in total. The number of fused-ring (bicyclic) bond motifs is 4. The second-order valence-electron chi connectivity index (χ2n) is 3.63. The topological polar surface area (TPSA) is 63.6 Å². The molecule has 0 saturated heterocycles. The van der Waals surface area contributed by atoms with Gasteiger partial charge >= 0.3 is 56.7 Å². The molecule has 2 aliphatic heterocycles. The molecule has 0 fully saturated rings. The number of hydrogen-bond acceptors (Lipinski definition) is 3. The standard InChI is InChI=1S/C8H6O2.C4H9AsO2/c9-8-7-3-1-6(2-4-7)5-10-8;1-2-3(5)4(6)7/h1-4H,5H2;3H,2,5H2,1H3,(H,6,7). The van der Waals surface area contributed by atoms with Crippen LogP contribution in [0.3, 0.4) is 0 Å². The van der Waals surface area contributed by atoms with Crippen molar-refractivity contribution < 1.29 is 19.4 Å². The minimum atomic E-state index is -0.678. The van der Waals surface area contributed by atoms with Crippen molar-refractivity contribution in [3.63, 3.8) is 0 Å². The van der Waals surface area contributed by atoms with Gasteiger partial charge in [0.2, 0.25) is 0 Å². The Morgan fingerprint density at radius 2 is 2.06 bits per heavy atom. The van der Waals surface area contributed by atoms with Crippen molar-refractivity contribution in [3.8, 4) is 0 Å². The van der Waals surface area contributed by atoms with Crippen LogP contribution in [0, 0.1) is 0 Å². The molecule has 2 atom stereocenters.